The number of carbonyl (C=O) groups excluding carboxylic acids is 2. The van der Waals surface area contributed by atoms with Crippen LogP contribution in [-0.4, -0.2) is 31.0 Å². The van der Waals surface area contributed by atoms with Gasteiger partial charge in [0.25, 0.3) is 0 Å². The molecule has 3 N–H and O–H groups in total. The van der Waals surface area contributed by atoms with E-state index in [9.17, 15) is 14.0 Å². The van der Waals surface area contributed by atoms with Crippen molar-refractivity contribution in [2.24, 2.45) is 21.6 Å². The molecule has 3 rings (SSSR count). The van der Waals surface area contributed by atoms with Crippen molar-refractivity contribution in [3.8, 4) is 5.75 Å². The van der Waals surface area contributed by atoms with Gasteiger partial charge in [0.05, 0.1) is 0 Å². The van der Waals surface area contributed by atoms with Crippen LogP contribution in [0, 0.1) is 11.7 Å². The Balaban J connectivity index is 1.61. The Labute approximate surface area is 166 Å². The highest BCUT2D eigenvalue weighted by atomic mass is 19.1. The van der Waals surface area contributed by atoms with Crippen molar-refractivity contribution in [3.05, 3.63) is 71.7 Å². The second-order valence-corrected chi connectivity index (χ2v) is 6.24. The van der Waals surface area contributed by atoms with Gasteiger partial charge in [0.1, 0.15) is 24.0 Å². The van der Waals surface area contributed by atoms with Crippen molar-refractivity contribution < 1.29 is 18.7 Å². The summed E-state index contributed by atoms with van der Waals surface area (Å²) < 4.78 is 19.3. The molecule has 0 spiro atoms. The van der Waals surface area contributed by atoms with Crippen molar-refractivity contribution >= 4 is 30.1 Å². The third-order valence-electron chi connectivity index (χ3n) is 4.15. The molecule has 0 radical (unpaired) electrons. The largest absolute Gasteiger partial charge is 0.490 e. The van der Waals surface area contributed by atoms with E-state index in [4.69, 9.17) is 10.5 Å². The number of nitrogens with zero attached hydrogens (tertiary/aromatic N) is 2. The lowest BCUT2D eigenvalue weighted by molar-refractivity contribution is -0.118. The second kappa shape index (κ2) is 9.41. The Morgan fingerprint density at radius 3 is 2.76 bits per heavy atom. The molecule has 3 amide bonds. The number of carbonyl (C=O) groups is 2. The molecule has 0 aromatic heterocycles. The van der Waals surface area contributed by atoms with Gasteiger partial charge < -0.3 is 15.8 Å². The van der Waals surface area contributed by atoms with Crippen LogP contribution in [-0.2, 0) is 11.2 Å². The first-order valence-electron chi connectivity index (χ1n) is 8.86. The number of para-hydroxylation sites is 1. The van der Waals surface area contributed by atoms with Crippen molar-refractivity contribution in [2.75, 3.05) is 11.9 Å². The number of rotatable bonds is 4. The zero-order valence-corrected chi connectivity index (χ0v) is 15.4. The molecule has 8 heteroatoms. The molecule has 7 nitrogen and oxygen atoms in total. The van der Waals surface area contributed by atoms with E-state index in [2.05, 4.69) is 15.3 Å². The molecule has 1 unspecified atom stereocenters. The molecule has 0 saturated carbocycles. The number of aliphatic imine (C=N–C) groups is 2. The molecule has 29 heavy (non-hydrogen) atoms. The molecule has 0 aliphatic carbocycles. The molecule has 1 atom stereocenters. The van der Waals surface area contributed by atoms with E-state index in [1.807, 2.05) is 30.3 Å². The minimum absolute atomic E-state index is 0.0311. The lowest BCUT2D eigenvalue weighted by atomic mass is 10.1. The molecule has 1 aliphatic rings. The molecule has 1 heterocycles. The predicted molar refractivity (Wildman–Crippen MR) is 109 cm³/mol. The maximum atomic E-state index is 13.8. The molecule has 1 aliphatic heterocycles. The Morgan fingerprint density at radius 1 is 1.21 bits per heavy atom. The summed E-state index contributed by atoms with van der Waals surface area (Å²) in [6.07, 6.45) is 4.36. The zero-order chi connectivity index (χ0) is 20.6. The van der Waals surface area contributed by atoms with E-state index in [-0.39, 0.29) is 18.0 Å². The van der Waals surface area contributed by atoms with Crippen molar-refractivity contribution in [1.29, 1.82) is 0 Å². The van der Waals surface area contributed by atoms with Crippen LogP contribution in [0.1, 0.15) is 5.56 Å². The number of nitrogens with one attached hydrogen (secondary N) is 1. The van der Waals surface area contributed by atoms with Gasteiger partial charge in [0, 0.05) is 18.9 Å². The van der Waals surface area contributed by atoms with Crippen LogP contribution < -0.4 is 15.8 Å². The number of fused-ring (bicyclic) bond motifs is 1. The summed E-state index contributed by atoms with van der Waals surface area (Å²) >= 11 is 0. The highest BCUT2D eigenvalue weighted by Gasteiger charge is 2.25. The van der Waals surface area contributed by atoms with Crippen LogP contribution in [0.2, 0.25) is 0 Å². The number of amides is 3. The molecule has 0 bridgehead atoms. The minimum Gasteiger partial charge on any atom is -0.490 e. The molecule has 0 fully saturated rings. The number of nitrogens with two attached hydrogens (primary N) is 1. The first-order valence-corrected chi connectivity index (χ1v) is 8.86. The number of benzene rings is 2. The summed E-state index contributed by atoms with van der Waals surface area (Å²) in [5.74, 6) is -1.78. The Hall–Kier alpha value is -3.81. The minimum atomic E-state index is -0.866. The topological polar surface area (TPSA) is 106 Å². The third kappa shape index (κ3) is 5.35. The number of anilines is 1. The van der Waals surface area contributed by atoms with Crippen molar-refractivity contribution in [2.45, 2.75) is 6.42 Å². The maximum absolute atomic E-state index is 13.8. The summed E-state index contributed by atoms with van der Waals surface area (Å²) in [7, 11) is 0. The number of urea groups is 1. The average Bonchev–Trinajstić information content (AvgIpc) is 2.89. The predicted octanol–water partition coefficient (Wildman–Crippen LogP) is 3.12. The van der Waals surface area contributed by atoms with Gasteiger partial charge >= 0.3 is 6.03 Å². The average molecular weight is 394 g/mol. The van der Waals surface area contributed by atoms with Gasteiger partial charge in [-0.15, -0.1) is 0 Å². The molecule has 2 aromatic rings. The van der Waals surface area contributed by atoms with E-state index in [0.29, 0.717) is 12.0 Å². The lowest BCUT2D eigenvalue weighted by Gasteiger charge is -2.06. The van der Waals surface area contributed by atoms with E-state index in [1.54, 1.807) is 6.07 Å². The van der Waals surface area contributed by atoms with Gasteiger partial charge in [0.2, 0.25) is 5.91 Å². The smallest absolute Gasteiger partial charge is 0.366 e. The standard InChI is InChI=1S/C21H19FN4O3/c22-17-7-4-8-18-19(17)26-20(27)16(13-29-18)12-25-21(28)24-11-15(10-23)9-14-5-2-1-3-6-14/h1-8,10-12,16H,9,13,23H2,(H,26,27). The fourth-order valence-electron chi connectivity index (χ4n) is 2.63. The molecule has 0 saturated heterocycles. The monoisotopic (exact) mass is 394 g/mol. The van der Waals surface area contributed by atoms with Gasteiger partial charge in [-0.3, -0.25) is 4.79 Å². The quantitative estimate of drug-likeness (QED) is 0.777. The molecule has 148 valence electrons. The van der Waals surface area contributed by atoms with Crippen LogP contribution in [0.4, 0.5) is 14.9 Å². The Morgan fingerprint density at radius 2 is 2.00 bits per heavy atom. The molecular weight excluding hydrogens is 375 g/mol. The van der Waals surface area contributed by atoms with Crippen molar-refractivity contribution in [1.82, 2.24) is 0 Å². The number of ether oxygens (including phenoxy) is 1. The fraction of sp³-hybridized carbons (Fsp3) is 0.143. The maximum Gasteiger partial charge on any atom is 0.366 e. The molecular formula is C21H19FN4O3. The van der Waals surface area contributed by atoms with E-state index in [0.717, 1.165) is 11.8 Å². The van der Waals surface area contributed by atoms with Crippen LogP contribution in [0.5, 0.6) is 5.75 Å². The van der Waals surface area contributed by atoms with E-state index in [1.165, 1.54) is 24.5 Å². The fourth-order valence-corrected chi connectivity index (χ4v) is 2.63. The van der Waals surface area contributed by atoms with Gasteiger partial charge in [-0.1, -0.05) is 36.4 Å². The third-order valence-corrected chi connectivity index (χ3v) is 4.15. The number of hydrogen-bond acceptors (Lipinski definition) is 4. The summed E-state index contributed by atoms with van der Waals surface area (Å²) in [5, 5.41) is 2.45. The van der Waals surface area contributed by atoms with Gasteiger partial charge in [-0.25, -0.2) is 14.2 Å². The molecule has 2 aromatic carbocycles. The first kappa shape index (κ1) is 19.9. The Kier molecular flexibility index (Phi) is 6.47. The van der Waals surface area contributed by atoms with Gasteiger partial charge in [-0.05, 0) is 29.5 Å². The van der Waals surface area contributed by atoms with Crippen molar-refractivity contribution in [3.63, 3.8) is 0 Å². The van der Waals surface area contributed by atoms with Gasteiger partial charge in [-0.2, -0.15) is 4.99 Å². The second-order valence-electron chi connectivity index (χ2n) is 6.24. The first-order chi connectivity index (χ1) is 14.1. The highest BCUT2D eigenvalue weighted by Crippen LogP contribution is 2.30. The van der Waals surface area contributed by atoms with Gasteiger partial charge in [0.15, 0.2) is 5.82 Å². The number of allylic oxidation sites excluding steroid dienone is 1. The van der Waals surface area contributed by atoms with Crippen LogP contribution >= 0.6 is 0 Å². The summed E-state index contributed by atoms with van der Waals surface area (Å²) in [6, 6.07) is 13.0. The zero-order valence-electron chi connectivity index (χ0n) is 15.4. The summed E-state index contributed by atoms with van der Waals surface area (Å²) in [4.78, 5) is 31.6. The highest BCUT2D eigenvalue weighted by molar-refractivity contribution is 6.05. The Bertz CT molecular complexity index is 987. The van der Waals surface area contributed by atoms with Crippen LogP contribution in [0.3, 0.4) is 0 Å². The summed E-state index contributed by atoms with van der Waals surface area (Å²) in [5.41, 5.74) is 7.21. The normalized spacial score (nSPS) is 16.9. The SMILES string of the molecule is NC=C(C=NC(=O)N=CC1COc2cccc(F)c2NC1=O)Cc1ccccc1. The van der Waals surface area contributed by atoms with Crippen LogP contribution in [0.25, 0.3) is 0 Å². The van der Waals surface area contributed by atoms with E-state index >= 15 is 0 Å². The van der Waals surface area contributed by atoms with Crippen LogP contribution in [0.15, 0.2) is 70.3 Å². The number of hydrogen-bond donors (Lipinski definition) is 2. The summed E-state index contributed by atoms with van der Waals surface area (Å²) in [6.45, 7) is -0.0786. The van der Waals surface area contributed by atoms with E-state index < -0.39 is 23.7 Å². The number of halogens is 1. The lowest BCUT2D eigenvalue weighted by Crippen LogP contribution is -2.26.